The lowest BCUT2D eigenvalue weighted by molar-refractivity contribution is 0.179. The molecule has 0 radical (unpaired) electrons. The Labute approximate surface area is 198 Å². The van der Waals surface area contributed by atoms with Crippen molar-refractivity contribution in [3.05, 3.63) is 71.4 Å². The van der Waals surface area contributed by atoms with E-state index in [1.165, 1.54) is 25.9 Å². The van der Waals surface area contributed by atoms with Crippen LogP contribution in [0.2, 0.25) is 0 Å². The molecule has 7 heteroatoms. The number of para-hydroxylation sites is 1. The number of aromatic nitrogens is 3. The van der Waals surface area contributed by atoms with Crippen molar-refractivity contribution in [3.8, 4) is 17.0 Å². The lowest BCUT2D eigenvalue weighted by atomic mass is 9.99. The number of ether oxygens (including phenoxy) is 1. The zero-order valence-corrected chi connectivity index (χ0v) is 20.5. The van der Waals surface area contributed by atoms with Crippen molar-refractivity contribution in [3.63, 3.8) is 0 Å². The molecule has 6 nitrogen and oxygen atoms in total. The highest BCUT2D eigenvalue weighted by molar-refractivity contribution is 9.10. The summed E-state index contributed by atoms with van der Waals surface area (Å²) in [5.41, 5.74) is 3.16. The van der Waals surface area contributed by atoms with Crippen LogP contribution in [0.15, 0.2) is 65.7 Å². The summed E-state index contributed by atoms with van der Waals surface area (Å²) in [4.78, 5) is 6.93. The standard InChI is InChI=1S/C13H10BrN3O.C12H21NO/c1-8-6-11(9-4-2-3-5-12(9)18)16-13-10(14)7-15-17(8)13;1-4-9-14-12(3)10-13-7-5-11(2)6-8-13/h2-7,18H,1H3;4,9,11H,3,5-8,10H2,1-2H3/b;9-4-. The first kappa shape index (κ1) is 24.0. The van der Waals surface area contributed by atoms with Crippen LogP contribution in [0.5, 0.6) is 5.75 Å². The van der Waals surface area contributed by atoms with Crippen LogP contribution in [0.1, 0.15) is 32.4 Å². The number of benzene rings is 1. The van der Waals surface area contributed by atoms with E-state index in [0.717, 1.165) is 45.3 Å². The number of phenols is 1. The normalized spacial score (nSPS) is 15.0. The third-order valence-corrected chi connectivity index (χ3v) is 5.99. The molecule has 1 fully saturated rings. The maximum absolute atomic E-state index is 9.87. The fourth-order valence-electron chi connectivity index (χ4n) is 3.59. The summed E-state index contributed by atoms with van der Waals surface area (Å²) in [6.07, 6.45) is 7.89. The molecule has 0 amide bonds. The van der Waals surface area contributed by atoms with Crippen LogP contribution < -0.4 is 0 Å². The second-order valence-electron chi connectivity index (χ2n) is 8.11. The maximum atomic E-state index is 9.87. The summed E-state index contributed by atoms with van der Waals surface area (Å²) in [5, 5.41) is 14.1. The topological polar surface area (TPSA) is 62.9 Å². The SMILES string of the molecule is C=C(CN1CCC(C)CC1)O/C=C\C.Cc1cc(-c2ccccc2O)nc2c(Br)cnn12. The molecular formula is C25H31BrN4O2. The first-order valence-electron chi connectivity index (χ1n) is 10.9. The van der Waals surface area contributed by atoms with Crippen molar-refractivity contribution in [1.29, 1.82) is 0 Å². The number of nitrogens with zero attached hydrogens (tertiary/aromatic N) is 4. The molecule has 1 aliphatic heterocycles. The average molecular weight is 499 g/mol. The van der Waals surface area contributed by atoms with E-state index in [0.29, 0.717) is 0 Å². The highest BCUT2D eigenvalue weighted by Crippen LogP contribution is 2.29. The summed E-state index contributed by atoms with van der Waals surface area (Å²) in [5.74, 6) is 1.96. The highest BCUT2D eigenvalue weighted by Gasteiger charge is 2.16. The smallest absolute Gasteiger partial charge is 0.170 e. The first-order chi connectivity index (χ1) is 15.4. The molecule has 0 bridgehead atoms. The van der Waals surface area contributed by atoms with Crippen molar-refractivity contribution in [2.24, 2.45) is 5.92 Å². The molecule has 0 aliphatic carbocycles. The van der Waals surface area contributed by atoms with Gasteiger partial charge in [-0.05, 0) is 79.8 Å². The zero-order valence-electron chi connectivity index (χ0n) is 19.0. The Morgan fingerprint density at radius 1 is 1.31 bits per heavy atom. The van der Waals surface area contributed by atoms with Gasteiger partial charge < -0.3 is 9.84 Å². The predicted octanol–water partition coefficient (Wildman–Crippen LogP) is 5.96. The van der Waals surface area contributed by atoms with E-state index < -0.39 is 0 Å². The highest BCUT2D eigenvalue weighted by atomic mass is 79.9. The van der Waals surface area contributed by atoms with Gasteiger partial charge in [-0.3, -0.25) is 4.90 Å². The Bertz CT molecular complexity index is 1080. The molecule has 3 aromatic rings. The molecule has 4 rings (SSSR count). The average Bonchev–Trinajstić information content (AvgIpc) is 3.16. The molecule has 170 valence electrons. The number of hydrogen-bond acceptors (Lipinski definition) is 5. The maximum Gasteiger partial charge on any atom is 0.170 e. The number of piperidine rings is 1. The summed E-state index contributed by atoms with van der Waals surface area (Å²) in [6, 6.07) is 9.07. The number of phenolic OH excluding ortho intramolecular Hbond substituents is 1. The lowest BCUT2D eigenvalue weighted by Gasteiger charge is -2.30. The van der Waals surface area contributed by atoms with Gasteiger partial charge >= 0.3 is 0 Å². The molecule has 1 N–H and O–H groups in total. The van der Waals surface area contributed by atoms with E-state index in [-0.39, 0.29) is 5.75 Å². The fourth-order valence-corrected chi connectivity index (χ4v) is 3.93. The lowest BCUT2D eigenvalue weighted by Crippen LogP contribution is -2.34. The molecule has 1 aliphatic rings. The number of fused-ring (bicyclic) bond motifs is 1. The van der Waals surface area contributed by atoms with Crippen LogP contribution in [0.3, 0.4) is 0 Å². The van der Waals surface area contributed by atoms with Crippen LogP contribution in [0, 0.1) is 12.8 Å². The Morgan fingerprint density at radius 3 is 2.72 bits per heavy atom. The number of halogens is 1. The quantitative estimate of drug-likeness (QED) is 0.440. The van der Waals surface area contributed by atoms with Crippen LogP contribution in [0.4, 0.5) is 0 Å². The molecule has 0 atom stereocenters. The summed E-state index contributed by atoms with van der Waals surface area (Å²) in [7, 11) is 0. The fraction of sp³-hybridized carbons (Fsp3) is 0.360. The van der Waals surface area contributed by atoms with E-state index in [1.54, 1.807) is 29.1 Å². The second-order valence-corrected chi connectivity index (χ2v) is 8.97. The van der Waals surface area contributed by atoms with E-state index in [2.05, 4.69) is 44.4 Å². The van der Waals surface area contributed by atoms with Crippen molar-refractivity contribution < 1.29 is 9.84 Å². The first-order valence-corrected chi connectivity index (χ1v) is 11.7. The van der Waals surface area contributed by atoms with Gasteiger partial charge in [-0.1, -0.05) is 31.7 Å². The van der Waals surface area contributed by atoms with Gasteiger partial charge in [-0.15, -0.1) is 0 Å². The molecule has 0 saturated carbocycles. The third-order valence-electron chi connectivity index (χ3n) is 5.43. The minimum absolute atomic E-state index is 0.226. The molecule has 0 spiro atoms. The van der Waals surface area contributed by atoms with Gasteiger partial charge in [0.1, 0.15) is 11.5 Å². The Hall–Kier alpha value is -2.64. The molecule has 32 heavy (non-hydrogen) atoms. The largest absolute Gasteiger partial charge is 0.507 e. The Kier molecular flexibility index (Phi) is 8.47. The molecule has 1 saturated heterocycles. The summed E-state index contributed by atoms with van der Waals surface area (Å²) < 4.78 is 7.90. The minimum atomic E-state index is 0.226. The number of allylic oxidation sites excluding steroid dienone is 1. The van der Waals surface area contributed by atoms with Crippen molar-refractivity contribution in [1.82, 2.24) is 19.5 Å². The summed E-state index contributed by atoms with van der Waals surface area (Å²) in [6.45, 7) is 13.3. The zero-order chi connectivity index (χ0) is 23.1. The van der Waals surface area contributed by atoms with Gasteiger partial charge in [0.05, 0.1) is 29.2 Å². The van der Waals surface area contributed by atoms with Crippen LogP contribution in [-0.4, -0.2) is 44.2 Å². The number of rotatable bonds is 5. The van der Waals surface area contributed by atoms with Crippen molar-refractivity contribution >= 4 is 21.6 Å². The number of aryl methyl sites for hydroxylation is 1. The van der Waals surface area contributed by atoms with Crippen molar-refractivity contribution in [2.45, 2.75) is 33.6 Å². The monoisotopic (exact) mass is 498 g/mol. The molecule has 2 aromatic heterocycles. The van der Waals surface area contributed by atoms with Gasteiger partial charge in [0, 0.05) is 11.3 Å². The van der Waals surface area contributed by atoms with Crippen LogP contribution in [-0.2, 0) is 4.74 Å². The van der Waals surface area contributed by atoms with Crippen LogP contribution >= 0.6 is 15.9 Å². The van der Waals surface area contributed by atoms with Gasteiger partial charge in [0.25, 0.3) is 0 Å². The Balaban J connectivity index is 0.000000188. The second kappa shape index (κ2) is 11.3. The molecular weight excluding hydrogens is 468 g/mol. The molecule has 0 unspecified atom stereocenters. The van der Waals surface area contributed by atoms with E-state index in [4.69, 9.17) is 4.74 Å². The van der Waals surface area contributed by atoms with E-state index in [9.17, 15) is 5.11 Å². The van der Waals surface area contributed by atoms with Gasteiger partial charge in [-0.25, -0.2) is 9.50 Å². The van der Waals surface area contributed by atoms with Crippen LogP contribution in [0.25, 0.3) is 16.9 Å². The Morgan fingerprint density at radius 2 is 2.03 bits per heavy atom. The predicted molar refractivity (Wildman–Crippen MR) is 132 cm³/mol. The minimum Gasteiger partial charge on any atom is -0.507 e. The number of likely N-dealkylation sites (tertiary alicyclic amines) is 1. The molecule has 3 heterocycles. The van der Waals surface area contributed by atoms with E-state index >= 15 is 0 Å². The number of hydrogen-bond donors (Lipinski definition) is 1. The number of aromatic hydroxyl groups is 1. The molecule has 1 aromatic carbocycles. The van der Waals surface area contributed by atoms with E-state index in [1.807, 2.05) is 38.1 Å². The van der Waals surface area contributed by atoms with Crippen molar-refractivity contribution in [2.75, 3.05) is 19.6 Å². The summed E-state index contributed by atoms with van der Waals surface area (Å²) >= 11 is 3.42. The third kappa shape index (κ3) is 6.20. The van der Waals surface area contributed by atoms with Gasteiger partial charge in [0.15, 0.2) is 5.65 Å². The van der Waals surface area contributed by atoms with Gasteiger partial charge in [-0.2, -0.15) is 5.10 Å². The van der Waals surface area contributed by atoms with Gasteiger partial charge in [0.2, 0.25) is 0 Å².